The van der Waals surface area contributed by atoms with Crippen LogP contribution in [-0.4, -0.2) is 18.3 Å². The zero-order valence-corrected chi connectivity index (χ0v) is 17.9. The summed E-state index contributed by atoms with van der Waals surface area (Å²) in [5.74, 6) is -0.163. The van der Waals surface area contributed by atoms with Crippen molar-refractivity contribution in [3.8, 4) is 17.3 Å². The molecule has 0 unspecified atom stereocenters. The van der Waals surface area contributed by atoms with Crippen LogP contribution in [0.4, 0.5) is 5.69 Å². The van der Waals surface area contributed by atoms with Crippen LogP contribution in [-0.2, 0) is 4.79 Å². The van der Waals surface area contributed by atoms with Crippen LogP contribution in [0.3, 0.4) is 0 Å². The van der Waals surface area contributed by atoms with Crippen LogP contribution >= 0.6 is 0 Å². The third-order valence-corrected chi connectivity index (χ3v) is 5.08. The highest BCUT2D eigenvalue weighted by Crippen LogP contribution is 2.32. The minimum atomic E-state index is -0.380. The van der Waals surface area contributed by atoms with Crippen molar-refractivity contribution >= 4 is 28.3 Å². The van der Waals surface area contributed by atoms with Gasteiger partial charge in [0.05, 0.1) is 11.6 Å². The van der Waals surface area contributed by atoms with E-state index in [-0.39, 0.29) is 35.2 Å². The van der Waals surface area contributed by atoms with Crippen LogP contribution in [0.15, 0.2) is 68.4 Å². The monoisotopic (exact) mass is 431 g/mol. The summed E-state index contributed by atoms with van der Waals surface area (Å²) in [4.78, 5) is 37.0. The summed E-state index contributed by atoms with van der Waals surface area (Å²) in [6.45, 7) is 4.88. The summed E-state index contributed by atoms with van der Waals surface area (Å²) < 4.78 is 17.1. The molecule has 4 aromatic rings. The highest BCUT2D eigenvalue weighted by molar-refractivity contribution is 5.98. The summed E-state index contributed by atoms with van der Waals surface area (Å²) in [5.41, 5.74) is 2.92. The van der Waals surface area contributed by atoms with Gasteiger partial charge in [-0.1, -0.05) is 0 Å². The average molecular weight is 431 g/mol. The van der Waals surface area contributed by atoms with Crippen LogP contribution in [0.5, 0.6) is 5.75 Å². The van der Waals surface area contributed by atoms with E-state index in [0.29, 0.717) is 28.0 Å². The lowest BCUT2D eigenvalue weighted by Gasteiger charge is -2.11. The number of furan rings is 1. The van der Waals surface area contributed by atoms with Crippen molar-refractivity contribution in [1.82, 2.24) is 0 Å². The fraction of sp³-hybridized carbons (Fsp3) is 0.160. The second kappa shape index (κ2) is 8.55. The first-order valence-electron chi connectivity index (χ1n) is 9.99. The standard InChI is InChI=1S/C25H21NO6/c1-14-11-19-22(12-15(14)2)32-24(21-5-4-10-30-21)25(23(19)29)31-13-20(28)17-6-8-18(9-7-17)26-16(3)27/h4-12H,13H2,1-3H3,(H,26,27). The molecule has 0 aliphatic heterocycles. The van der Waals surface area contributed by atoms with Crippen molar-refractivity contribution in [1.29, 1.82) is 0 Å². The number of amides is 1. The first-order valence-corrected chi connectivity index (χ1v) is 9.99. The predicted molar refractivity (Wildman–Crippen MR) is 120 cm³/mol. The highest BCUT2D eigenvalue weighted by Gasteiger charge is 2.21. The van der Waals surface area contributed by atoms with Crippen molar-refractivity contribution in [3.63, 3.8) is 0 Å². The van der Waals surface area contributed by atoms with Gasteiger partial charge >= 0.3 is 0 Å². The van der Waals surface area contributed by atoms with Gasteiger partial charge in [0.15, 0.2) is 18.2 Å². The summed E-state index contributed by atoms with van der Waals surface area (Å²) in [5, 5.41) is 3.01. The van der Waals surface area contributed by atoms with Crippen molar-refractivity contribution < 1.29 is 23.2 Å². The third kappa shape index (κ3) is 4.18. The SMILES string of the molecule is CC(=O)Nc1ccc(C(=O)COc2c(-c3ccco3)oc3cc(C)c(C)cc3c2=O)cc1. The Morgan fingerprint density at radius 2 is 1.75 bits per heavy atom. The van der Waals surface area contributed by atoms with Crippen molar-refractivity contribution in [2.45, 2.75) is 20.8 Å². The molecule has 2 aromatic heterocycles. The topological polar surface area (TPSA) is 98.8 Å². The second-order valence-corrected chi connectivity index (χ2v) is 7.47. The maximum atomic E-state index is 13.2. The van der Waals surface area contributed by atoms with Gasteiger partial charge in [0, 0.05) is 18.2 Å². The minimum absolute atomic E-state index is 0.0843. The molecule has 0 saturated heterocycles. The Morgan fingerprint density at radius 3 is 2.41 bits per heavy atom. The fourth-order valence-electron chi connectivity index (χ4n) is 3.30. The van der Waals surface area contributed by atoms with Gasteiger partial charge in [0.1, 0.15) is 5.58 Å². The molecule has 0 atom stereocenters. The van der Waals surface area contributed by atoms with E-state index in [0.717, 1.165) is 11.1 Å². The van der Waals surface area contributed by atoms with E-state index in [1.165, 1.54) is 13.2 Å². The summed E-state index contributed by atoms with van der Waals surface area (Å²) >= 11 is 0. The van der Waals surface area contributed by atoms with E-state index in [9.17, 15) is 14.4 Å². The summed E-state index contributed by atoms with van der Waals surface area (Å²) in [7, 11) is 0. The lowest BCUT2D eigenvalue weighted by atomic mass is 10.1. The van der Waals surface area contributed by atoms with E-state index < -0.39 is 0 Å². The molecule has 0 spiro atoms. The number of rotatable bonds is 6. The number of Topliss-reactive ketones (excluding diaryl/α,β-unsaturated/α-hetero) is 1. The molecule has 1 amide bonds. The molecule has 4 rings (SSSR count). The second-order valence-electron chi connectivity index (χ2n) is 7.47. The average Bonchev–Trinajstić information content (AvgIpc) is 3.29. The maximum Gasteiger partial charge on any atom is 0.235 e. The van der Waals surface area contributed by atoms with Gasteiger partial charge in [-0.2, -0.15) is 0 Å². The van der Waals surface area contributed by atoms with Crippen molar-refractivity contribution in [3.05, 3.63) is 81.7 Å². The largest absolute Gasteiger partial charge is 0.478 e. The first kappa shape index (κ1) is 21.1. The molecule has 0 aliphatic carbocycles. The van der Waals surface area contributed by atoms with Gasteiger partial charge in [0.25, 0.3) is 0 Å². The van der Waals surface area contributed by atoms with Crippen LogP contribution < -0.4 is 15.5 Å². The van der Waals surface area contributed by atoms with Gasteiger partial charge in [-0.15, -0.1) is 0 Å². The Labute approximate surface area is 183 Å². The highest BCUT2D eigenvalue weighted by atomic mass is 16.5. The maximum absolute atomic E-state index is 13.2. The van der Waals surface area contributed by atoms with Gasteiger partial charge in [-0.3, -0.25) is 14.4 Å². The van der Waals surface area contributed by atoms with E-state index in [1.54, 1.807) is 48.5 Å². The molecule has 7 heteroatoms. The molecular formula is C25H21NO6. The minimum Gasteiger partial charge on any atom is -0.478 e. The van der Waals surface area contributed by atoms with E-state index >= 15 is 0 Å². The molecule has 162 valence electrons. The van der Waals surface area contributed by atoms with Crippen molar-refractivity contribution in [2.75, 3.05) is 11.9 Å². The third-order valence-electron chi connectivity index (χ3n) is 5.08. The molecule has 0 saturated carbocycles. The number of hydrogen-bond donors (Lipinski definition) is 1. The van der Waals surface area contributed by atoms with Gasteiger partial charge in [-0.25, -0.2) is 0 Å². The molecule has 2 aromatic carbocycles. The quantitative estimate of drug-likeness (QED) is 0.437. The van der Waals surface area contributed by atoms with Gasteiger partial charge in [0.2, 0.25) is 22.8 Å². The zero-order valence-electron chi connectivity index (χ0n) is 17.9. The Kier molecular flexibility index (Phi) is 5.64. The van der Waals surface area contributed by atoms with Crippen LogP contribution in [0.25, 0.3) is 22.5 Å². The van der Waals surface area contributed by atoms with E-state index in [4.69, 9.17) is 13.6 Å². The number of benzene rings is 2. The molecular weight excluding hydrogens is 410 g/mol. The van der Waals surface area contributed by atoms with Crippen LogP contribution in [0.1, 0.15) is 28.4 Å². The number of ketones is 1. The number of fused-ring (bicyclic) bond motifs is 1. The number of ether oxygens (including phenoxy) is 1. The number of aryl methyl sites for hydroxylation is 2. The lowest BCUT2D eigenvalue weighted by molar-refractivity contribution is -0.114. The lowest BCUT2D eigenvalue weighted by Crippen LogP contribution is -2.17. The molecule has 2 heterocycles. The van der Waals surface area contributed by atoms with Gasteiger partial charge < -0.3 is 18.9 Å². The first-order chi connectivity index (χ1) is 15.3. The fourth-order valence-corrected chi connectivity index (χ4v) is 3.30. The molecule has 0 aliphatic rings. The van der Waals surface area contributed by atoms with E-state index in [2.05, 4.69) is 5.32 Å². The predicted octanol–water partition coefficient (Wildman–Crippen LogP) is 4.89. The number of carbonyl (C=O) groups excluding carboxylic acids is 2. The molecule has 1 N–H and O–H groups in total. The normalized spacial score (nSPS) is 10.8. The Balaban J connectivity index is 1.67. The number of hydrogen-bond acceptors (Lipinski definition) is 6. The Morgan fingerprint density at radius 1 is 1.03 bits per heavy atom. The number of anilines is 1. The smallest absolute Gasteiger partial charge is 0.235 e. The van der Waals surface area contributed by atoms with Gasteiger partial charge in [-0.05, 0) is 73.5 Å². The Bertz CT molecular complexity index is 1360. The Hall–Kier alpha value is -4.13. The number of carbonyl (C=O) groups is 2. The zero-order chi connectivity index (χ0) is 22.8. The van der Waals surface area contributed by atoms with E-state index in [1.807, 2.05) is 13.8 Å². The molecule has 0 bridgehead atoms. The number of nitrogens with one attached hydrogen (secondary N) is 1. The molecule has 7 nitrogen and oxygen atoms in total. The summed E-state index contributed by atoms with van der Waals surface area (Å²) in [6.07, 6.45) is 1.46. The van der Waals surface area contributed by atoms with Crippen LogP contribution in [0.2, 0.25) is 0 Å². The molecule has 32 heavy (non-hydrogen) atoms. The molecule has 0 fully saturated rings. The van der Waals surface area contributed by atoms with Crippen molar-refractivity contribution in [2.24, 2.45) is 0 Å². The summed E-state index contributed by atoms with van der Waals surface area (Å²) in [6, 6.07) is 13.3. The van der Waals surface area contributed by atoms with Crippen LogP contribution in [0, 0.1) is 13.8 Å². The molecule has 0 radical (unpaired) electrons.